The Balaban J connectivity index is 2.86. The summed E-state index contributed by atoms with van der Waals surface area (Å²) in [5.41, 5.74) is 3.30. The van der Waals surface area contributed by atoms with Crippen molar-refractivity contribution in [2.75, 3.05) is 4.43 Å². The maximum atomic E-state index is 2.48. The normalized spacial score (nSPS) is 14.1. The number of rotatable bonds is 5. The fourth-order valence-electron chi connectivity index (χ4n) is 2.08. The van der Waals surface area contributed by atoms with Crippen molar-refractivity contribution in [3.8, 4) is 0 Å². The van der Waals surface area contributed by atoms with Crippen molar-refractivity contribution in [3.63, 3.8) is 0 Å². The minimum absolute atomic E-state index is 0.389. The van der Waals surface area contributed by atoms with E-state index in [0.29, 0.717) is 17.3 Å². The van der Waals surface area contributed by atoms with E-state index in [1.54, 1.807) is 0 Å². The van der Waals surface area contributed by atoms with Gasteiger partial charge in [0.25, 0.3) is 0 Å². The Morgan fingerprint density at radius 1 is 1.00 bits per heavy atom. The van der Waals surface area contributed by atoms with Crippen molar-refractivity contribution in [1.29, 1.82) is 0 Å². The van der Waals surface area contributed by atoms with E-state index >= 15 is 0 Å². The van der Waals surface area contributed by atoms with Gasteiger partial charge in [-0.25, -0.2) is 0 Å². The van der Waals surface area contributed by atoms with Crippen LogP contribution in [-0.4, -0.2) is 4.43 Å². The first-order valence-electron chi connectivity index (χ1n) is 6.54. The van der Waals surface area contributed by atoms with Crippen molar-refractivity contribution >= 4 is 22.6 Å². The molecule has 0 amide bonds. The molecule has 0 bridgehead atoms. The van der Waals surface area contributed by atoms with E-state index in [0.717, 1.165) is 0 Å². The fraction of sp³-hybridized carbons (Fsp3) is 0.625. The molecule has 1 heteroatoms. The van der Waals surface area contributed by atoms with Gasteiger partial charge < -0.3 is 0 Å². The second-order valence-electron chi connectivity index (χ2n) is 5.97. The minimum Gasteiger partial charge on any atom is -0.0864 e. The highest BCUT2D eigenvalue weighted by Gasteiger charge is 2.26. The van der Waals surface area contributed by atoms with Gasteiger partial charge in [-0.1, -0.05) is 81.5 Å². The van der Waals surface area contributed by atoms with Gasteiger partial charge in [0, 0.05) is 4.43 Å². The summed E-state index contributed by atoms with van der Waals surface area (Å²) in [6.45, 7) is 11.6. The summed E-state index contributed by atoms with van der Waals surface area (Å²) < 4.78 is 1.24. The minimum atomic E-state index is 0.389. The average Bonchev–Trinajstić information content (AvgIpc) is 2.28. The summed E-state index contributed by atoms with van der Waals surface area (Å²) in [6, 6.07) is 9.21. The highest BCUT2D eigenvalue weighted by molar-refractivity contribution is 14.1. The highest BCUT2D eigenvalue weighted by Crippen LogP contribution is 2.38. The van der Waals surface area contributed by atoms with Crippen LogP contribution in [0, 0.1) is 5.41 Å². The van der Waals surface area contributed by atoms with Crippen LogP contribution in [-0.2, 0) is 0 Å². The third kappa shape index (κ3) is 3.97. The van der Waals surface area contributed by atoms with E-state index in [1.807, 2.05) is 0 Å². The van der Waals surface area contributed by atoms with Gasteiger partial charge in [0.1, 0.15) is 0 Å². The van der Waals surface area contributed by atoms with Crippen LogP contribution < -0.4 is 0 Å². The van der Waals surface area contributed by atoms with E-state index in [-0.39, 0.29) is 0 Å². The average molecular weight is 344 g/mol. The van der Waals surface area contributed by atoms with Gasteiger partial charge in [0.2, 0.25) is 0 Å². The summed E-state index contributed by atoms with van der Waals surface area (Å²) in [7, 11) is 0. The Labute approximate surface area is 120 Å². The molecule has 1 aromatic rings. The Kier molecular flexibility index (Phi) is 5.49. The van der Waals surface area contributed by atoms with Gasteiger partial charge in [-0.05, 0) is 34.8 Å². The van der Waals surface area contributed by atoms with Crippen LogP contribution in [0.25, 0.3) is 0 Å². The number of hydrogen-bond acceptors (Lipinski definition) is 0. The van der Waals surface area contributed by atoms with Gasteiger partial charge in [0.15, 0.2) is 0 Å². The molecule has 0 spiro atoms. The maximum Gasteiger partial charge on any atom is 0.0000568 e. The Morgan fingerprint density at radius 3 is 1.88 bits per heavy atom. The van der Waals surface area contributed by atoms with Crippen molar-refractivity contribution in [1.82, 2.24) is 0 Å². The first-order chi connectivity index (χ1) is 7.88. The zero-order valence-electron chi connectivity index (χ0n) is 11.8. The van der Waals surface area contributed by atoms with Crippen LogP contribution in [0.15, 0.2) is 24.3 Å². The van der Waals surface area contributed by atoms with Gasteiger partial charge in [-0.2, -0.15) is 0 Å². The van der Waals surface area contributed by atoms with Crippen LogP contribution in [0.2, 0.25) is 0 Å². The van der Waals surface area contributed by atoms with Gasteiger partial charge in [-0.15, -0.1) is 0 Å². The molecule has 0 nitrogen and oxygen atoms in total. The SMILES string of the molecule is CC(C)c1ccc(C(C)C(C)(C)CCI)cc1. The molecule has 0 saturated heterocycles. The number of halogens is 1. The third-order valence-corrected chi connectivity index (χ3v) is 4.55. The largest absolute Gasteiger partial charge is 0.0864 e. The van der Waals surface area contributed by atoms with Crippen molar-refractivity contribution in [2.45, 2.75) is 52.9 Å². The second kappa shape index (κ2) is 6.21. The summed E-state index contributed by atoms with van der Waals surface area (Å²) in [5.74, 6) is 1.25. The molecule has 0 fully saturated rings. The molecule has 0 aliphatic rings. The molecule has 0 saturated carbocycles. The Bertz CT molecular complexity index is 335. The molecule has 0 aliphatic heterocycles. The molecule has 1 aromatic carbocycles. The van der Waals surface area contributed by atoms with Crippen LogP contribution in [0.3, 0.4) is 0 Å². The van der Waals surface area contributed by atoms with Crippen molar-refractivity contribution < 1.29 is 0 Å². The van der Waals surface area contributed by atoms with E-state index in [2.05, 4.69) is 81.5 Å². The lowest BCUT2D eigenvalue weighted by atomic mass is 9.74. The number of alkyl halides is 1. The molecular formula is C16H25I. The molecule has 1 unspecified atom stereocenters. The fourth-order valence-corrected chi connectivity index (χ4v) is 3.47. The lowest BCUT2D eigenvalue weighted by molar-refractivity contribution is 0.293. The summed E-state index contributed by atoms with van der Waals surface area (Å²) in [5, 5.41) is 0. The van der Waals surface area contributed by atoms with E-state index in [1.165, 1.54) is 22.0 Å². The standard InChI is InChI=1S/C16H25I/c1-12(2)14-6-8-15(9-7-14)13(3)16(4,5)10-11-17/h6-9,12-13H,10-11H2,1-5H3. The zero-order chi connectivity index (χ0) is 13.1. The van der Waals surface area contributed by atoms with E-state index < -0.39 is 0 Å². The first-order valence-corrected chi connectivity index (χ1v) is 8.07. The molecule has 17 heavy (non-hydrogen) atoms. The van der Waals surface area contributed by atoms with Gasteiger partial charge in [-0.3, -0.25) is 0 Å². The van der Waals surface area contributed by atoms with Crippen LogP contribution >= 0.6 is 22.6 Å². The molecule has 0 radical (unpaired) electrons. The topological polar surface area (TPSA) is 0 Å². The molecule has 0 aromatic heterocycles. The molecule has 0 heterocycles. The van der Waals surface area contributed by atoms with E-state index in [4.69, 9.17) is 0 Å². The van der Waals surface area contributed by atoms with Crippen LogP contribution in [0.5, 0.6) is 0 Å². The quantitative estimate of drug-likeness (QED) is 0.470. The molecule has 1 rings (SSSR count). The third-order valence-electron chi connectivity index (χ3n) is 4.01. The Hall–Kier alpha value is -0.0500. The summed E-state index contributed by atoms with van der Waals surface area (Å²) >= 11 is 2.48. The summed E-state index contributed by atoms with van der Waals surface area (Å²) in [6.07, 6.45) is 1.28. The van der Waals surface area contributed by atoms with Crippen LogP contribution in [0.1, 0.15) is 64.0 Å². The van der Waals surface area contributed by atoms with E-state index in [9.17, 15) is 0 Å². The molecule has 0 N–H and O–H groups in total. The smallest absolute Gasteiger partial charge is 0.0000568 e. The number of hydrogen-bond donors (Lipinski definition) is 0. The molecule has 1 atom stereocenters. The van der Waals surface area contributed by atoms with Crippen molar-refractivity contribution in [2.24, 2.45) is 5.41 Å². The highest BCUT2D eigenvalue weighted by atomic mass is 127. The molecular weight excluding hydrogens is 319 g/mol. The summed E-state index contributed by atoms with van der Waals surface area (Å²) in [4.78, 5) is 0. The lowest BCUT2D eigenvalue weighted by Gasteiger charge is -2.32. The first kappa shape index (κ1) is 15.0. The monoisotopic (exact) mass is 344 g/mol. The van der Waals surface area contributed by atoms with Crippen LogP contribution in [0.4, 0.5) is 0 Å². The number of benzene rings is 1. The maximum absolute atomic E-state index is 2.48. The second-order valence-corrected chi connectivity index (χ2v) is 7.05. The lowest BCUT2D eigenvalue weighted by Crippen LogP contribution is -2.20. The zero-order valence-corrected chi connectivity index (χ0v) is 13.9. The predicted octanol–water partition coefficient (Wildman–Crippen LogP) is 5.76. The van der Waals surface area contributed by atoms with Crippen molar-refractivity contribution in [3.05, 3.63) is 35.4 Å². The molecule has 0 aliphatic carbocycles. The predicted molar refractivity (Wildman–Crippen MR) is 86.2 cm³/mol. The van der Waals surface area contributed by atoms with Gasteiger partial charge >= 0.3 is 0 Å². The van der Waals surface area contributed by atoms with Gasteiger partial charge in [0.05, 0.1) is 0 Å². The molecule has 96 valence electrons. The Morgan fingerprint density at radius 2 is 1.47 bits per heavy atom.